The Morgan fingerprint density at radius 3 is 1.86 bits per heavy atom. The number of carbonyl (C=O) groups excluding carboxylic acids is 3. The lowest BCUT2D eigenvalue weighted by Crippen LogP contribution is -2.59. The van der Waals surface area contributed by atoms with Crippen LogP contribution in [-0.4, -0.2) is 69.2 Å². The fraction of sp³-hybridized carbons (Fsp3) is 0.273. The van der Waals surface area contributed by atoms with Gasteiger partial charge in [-0.25, -0.2) is 4.79 Å². The number of aliphatic carboxylic acids is 1. The highest BCUT2D eigenvalue weighted by atomic mass is 16.4. The maximum Gasteiger partial charge on any atom is 0.328 e. The number of amides is 3. The highest BCUT2D eigenvalue weighted by Gasteiger charge is 2.32. The van der Waals surface area contributed by atoms with Crippen molar-refractivity contribution in [2.24, 2.45) is 5.73 Å². The summed E-state index contributed by atoms with van der Waals surface area (Å²) in [4.78, 5) is 55.3. The van der Waals surface area contributed by atoms with Crippen LogP contribution < -0.4 is 21.7 Å². The monoisotopic (exact) mass is 599 g/mol. The third kappa shape index (κ3) is 8.52. The fourth-order valence-electron chi connectivity index (χ4n) is 4.94. The zero-order valence-electron chi connectivity index (χ0n) is 24.3. The molecule has 5 atom stereocenters. The first kappa shape index (κ1) is 31.9. The number of aromatic nitrogens is 1. The number of aliphatic hydroxyl groups excluding tert-OH is 1. The second-order valence-electron chi connectivity index (χ2n) is 10.7. The smallest absolute Gasteiger partial charge is 0.328 e. The second kappa shape index (κ2) is 14.9. The van der Waals surface area contributed by atoms with Gasteiger partial charge in [-0.1, -0.05) is 78.9 Å². The Morgan fingerprint density at radius 1 is 0.727 bits per heavy atom. The number of hydrogen-bond donors (Lipinski definition) is 7. The molecule has 0 bridgehead atoms. The van der Waals surface area contributed by atoms with Crippen LogP contribution in [0.15, 0.2) is 91.1 Å². The number of rotatable bonds is 14. The molecule has 1 heterocycles. The van der Waals surface area contributed by atoms with E-state index in [1.165, 1.54) is 6.92 Å². The molecular weight excluding hydrogens is 562 g/mol. The van der Waals surface area contributed by atoms with E-state index in [2.05, 4.69) is 20.9 Å². The molecule has 3 aromatic carbocycles. The van der Waals surface area contributed by atoms with Gasteiger partial charge in [0.15, 0.2) is 6.04 Å². The van der Waals surface area contributed by atoms with Gasteiger partial charge in [0, 0.05) is 29.9 Å². The minimum atomic E-state index is -1.60. The second-order valence-corrected chi connectivity index (χ2v) is 10.7. The first-order valence-corrected chi connectivity index (χ1v) is 14.3. The van der Waals surface area contributed by atoms with E-state index in [9.17, 15) is 29.4 Å². The molecular formula is C33H37N5O6. The van der Waals surface area contributed by atoms with Crippen LogP contribution in [0.2, 0.25) is 0 Å². The Hall–Kier alpha value is -5.00. The van der Waals surface area contributed by atoms with Gasteiger partial charge in [-0.3, -0.25) is 14.4 Å². The van der Waals surface area contributed by atoms with Crippen molar-refractivity contribution < 1.29 is 29.4 Å². The number of hydrogen-bond acceptors (Lipinski definition) is 6. The summed E-state index contributed by atoms with van der Waals surface area (Å²) >= 11 is 0. The maximum absolute atomic E-state index is 13.8. The van der Waals surface area contributed by atoms with E-state index in [4.69, 9.17) is 5.73 Å². The number of nitrogens with one attached hydrogen (secondary N) is 4. The van der Waals surface area contributed by atoms with Crippen molar-refractivity contribution in [2.45, 2.75) is 56.5 Å². The number of benzene rings is 3. The molecule has 5 unspecified atom stereocenters. The summed E-state index contributed by atoms with van der Waals surface area (Å²) in [5.41, 5.74) is 9.36. The van der Waals surface area contributed by atoms with Crippen LogP contribution in [-0.2, 0) is 38.4 Å². The SMILES string of the molecule is CC(O)C(NC(=O)C(Cc1c[nH]c2ccccc12)NC(=O)C(Cc1ccccc1)NC(=O)C(N)Cc1ccccc1)C(=O)O. The topological polar surface area (TPSA) is 187 Å². The average molecular weight is 600 g/mol. The molecule has 4 rings (SSSR count). The molecule has 0 aliphatic carbocycles. The van der Waals surface area contributed by atoms with Crippen molar-refractivity contribution in [3.8, 4) is 0 Å². The number of nitrogens with two attached hydrogens (primary N) is 1. The molecule has 0 aliphatic rings. The number of fused-ring (bicyclic) bond motifs is 1. The van der Waals surface area contributed by atoms with Gasteiger partial charge in [-0.2, -0.15) is 0 Å². The summed E-state index contributed by atoms with van der Waals surface area (Å²) in [5.74, 6) is -3.42. The normalized spacial score (nSPS) is 14.5. The van der Waals surface area contributed by atoms with E-state index < -0.39 is 54.0 Å². The molecule has 0 spiro atoms. The first-order valence-electron chi connectivity index (χ1n) is 14.3. The molecule has 11 heteroatoms. The van der Waals surface area contributed by atoms with Gasteiger partial charge < -0.3 is 36.9 Å². The van der Waals surface area contributed by atoms with E-state index in [0.29, 0.717) is 5.56 Å². The molecule has 0 radical (unpaired) electrons. The minimum absolute atomic E-state index is 0.00720. The van der Waals surface area contributed by atoms with Crippen molar-refractivity contribution in [1.82, 2.24) is 20.9 Å². The molecule has 8 N–H and O–H groups in total. The van der Waals surface area contributed by atoms with Crippen LogP contribution in [0.1, 0.15) is 23.6 Å². The Bertz CT molecular complexity index is 1570. The van der Waals surface area contributed by atoms with E-state index in [1.54, 1.807) is 6.20 Å². The number of aromatic amines is 1. The zero-order chi connectivity index (χ0) is 31.6. The Kier molecular flexibility index (Phi) is 10.8. The van der Waals surface area contributed by atoms with Gasteiger partial charge in [0.05, 0.1) is 12.1 Å². The van der Waals surface area contributed by atoms with Crippen LogP contribution in [0.5, 0.6) is 0 Å². The number of aliphatic hydroxyl groups is 1. The Morgan fingerprint density at radius 2 is 1.25 bits per heavy atom. The van der Waals surface area contributed by atoms with Crippen LogP contribution in [0.25, 0.3) is 10.9 Å². The third-order valence-corrected chi connectivity index (χ3v) is 7.33. The van der Waals surface area contributed by atoms with Crippen LogP contribution in [0, 0.1) is 0 Å². The first-order chi connectivity index (χ1) is 21.1. The molecule has 11 nitrogen and oxygen atoms in total. The molecule has 230 valence electrons. The van der Waals surface area contributed by atoms with Crippen molar-refractivity contribution in [3.63, 3.8) is 0 Å². The Balaban J connectivity index is 1.58. The summed E-state index contributed by atoms with van der Waals surface area (Å²) in [7, 11) is 0. The Labute approximate surface area is 254 Å². The molecule has 3 amide bonds. The van der Waals surface area contributed by atoms with Gasteiger partial charge >= 0.3 is 5.97 Å². The van der Waals surface area contributed by atoms with E-state index in [-0.39, 0.29) is 19.3 Å². The molecule has 44 heavy (non-hydrogen) atoms. The molecule has 0 saturated carbocycles. The highest BCUT2D eigenvalue weighted by molar-refractivity contribution is 5.95. The number of carbonyl (C=O) groups is 4. The van der Waals surface area contributed by atoms with Gasteiger partial charge in [0.1, 0.15) is 12.1 Å². The van der Waals surface area contributed by atoms with Gasteiger partial charge in [0.2, 0.25) is 17.7 Å². The van der Waals surface area contributed by atoms with Gasteiger partial charge in [-0.05, 0) is 36.1 Å². The van der Waals surface area contributed by atoms with Gasteiger partial charge in [0.25, 0.3) is 0 Å². The van der Waals surface area contributed by atoms with E-state index in [1.807, 2.05) is 84.9 Å². The van der Waals surface area contributed by atoms with Crippen molar-refractivity contribution in [2.75, 3.05) is 0 Å². The fourth-order valence-corrected chi connectivity index (χ4v) is 4.94. The van der Waals surface area contributed by atoms with Crippen LogP contribution >= 0.6 is 0 Å². The van der Waals surface area contributed by atoms with E-state index >= 15 is 0 Å². The highest BCUT2D eigenvalue weighted by Crippen LogP contribution is 2.19. The van der Waals surface area contributed by atoms with Crippen LogP contribution in [0.4, 0.5) is 0 Å². The van der Waals surface area contributed by atoms with Crippen LogP contribution in [0.3, 0.4) is 0 Å². The predicted octanol–water partition coefficient (Wildman–Crippen LogP) is 1.44. The predicted molar refractivity (Wildman–Crippen MR) is 165 cm³/mol. The molecule has 0 aliphatic heterocycles. The quantitative estimate of drug-likeness (QED) is 0.114. The summed E-state index contributed by atoms with van der Waals surface area (Å²) in [5, 5.41) is 28.1. The average Bonchev–Trinajstić information content (AvgIpc) is 3.42. The summed E-state index contributed by atoms with van der Waals surface area (Å²) in [6, 6.07) is 20.9. The third-order valence-electron chi connectivity index (χ3n) is 7.33. The van der Waals surface area contributed by atoms with Crippen molar-refractivity contribution >= 4 is 34.6 Å². The number of para-hydroxylation sites is 1. The van der Waals surface area contributed by atoms with E-state index in [0.717, 1.165) is 22.0 Å². The number of carboxylic acids is 1. The summed E-state index contributed by atoms with van der Waals surface area (Å²) in [6.45, 7) is 1.25. The largest absolute Gasteiger partial charge is 0.480 e. The minimum Gasteiger partial charge on any atom is -0.480 e. The van der Waals surface area contributed by atoms with Crippen molar-refractivity contribution in [1.29, 1.82) is 0 Å². The lowest BCUT2D eigenvalue weighted by atomic mass is 10.0. The summed E-state index contributed by atoms with van der Waals surface area (Å²) in [6.07, 6.45) is 0.702. The maximum atomic E-state index is 13.8. The standard InChI is InChI=1S/C33H37N5O6/c1-20(39)29(33(43)44)38-32(42)28(18-23-19-35-26-15-9-8-14-24(23)26)37-31(41)27(17-22-12-6-3-7-13-22)36-30(40)25(34)16-21-10-4-2-5-11-21/h2-15,19-20,25,27-29,35,39H,16-18,34H2,1H3,(H,36,40)(H,37,41)(H,38,42)(H,43,44). The lowest BCUT2D eigenvalue weighted by Gasteiger charge is -2.26. The van der Waals surface area contributed by atoms with Gasteiger partial charge in [-0.15, -0.1) is 0 Å². The van der Waals surface area contributed by atoms with Crippen molar-refractivity contribution in [3.05, 3.63) is 108 Å². The molecule has 0 saturated heterocycles. The molecule has 0 fully saturated rings. The lowest BCUT2D eigenvalue weighted by molar-refractivity contribution is -0.145. The molecule has 4 aromatic rings. The number of carboxylic acid groups (broad SMARTS) is 1. The zero-order valence-corrected chi connectivity index (χ0v) is 24.3. The molecule has 1 aromatic heterocycles. The summed E-state index contributed by atoms with van der Waals surface area (Å²) < 4.78 is 0. The number of H-pyrrole nitrogens is 1.